The molecule has 18 heavy (non-hydrogen) atoms. The Morgan fingerprint density at radius 1 is 1.17 bits per heavy atom. The van der Waals surface area contributed by atoms with Crippen LogP contribution in [-0.4, -0.2) is 18.2 Å². The molecule has 4 heteroatoms. The predicted molar refractivity (Wildman–Crippen MR) is 70.4 cm³/mol. The Balaban J connectivity index is 2.50. The van der Waals surface area contributed by atoms with E-state index in [9.17, 15) is 4.79 Å². The van der Waals surface area contributed by atoms with Crippen LogP contribution >= 0.6 is 11.6 Å². The number of hydrogen-bond acceptors (Lipinski definition) is 2. The first-order valence-corrected chi connectivity index (χ1v) is 5.67. The Bertz CT molecular complexity index is 576. The summed E-state index contributed by atoms with van der Waals surface area (Å²) in [7, 11) is 1.59. The highest BCUT2D eigenvalue weighted by Crippen LogP contribution is 2.31. The molecular formula is C14H11ClO3. The number of rotatable bonds is 3. The van der Waals surface area contributed by atoms with Crippen molar-refractivity contribution in [3.63, 3.8) is 0 Å². The van der Waals surface area contributed by atoms with E-state index in [2.05, 4.69) is 0 Å². The van der Waals surface area contributed by atoms with Gasteiger partial charge in [0.05, 0.1) is 17.7 Å². The lowest BCUT2D eigenvalue weighted by molar-refractivity contribution is 0.0697. The van der Waals surface area contributed by atoms with Crippen molar-refractivity contribution in [3.05, 3.63) is 53.1 Å². The zero-order chi connectivity index (χ0) is 13.1. The lowest BCUT2D eigenvalue weighted by Crippen LogP contribution is -1.98. The third-order valence-corrected chi connectivity index (χ3v) is 3.04. The lowest BCUT2D eigenvalue weighted by atomic mass is 10.0. The van der Waals surface area contributed by atoms with E-state index in [0.29, 0.717) is 5.56 Å². The Labute approximate surface area is 110 Å². The molecule has 0 aliphatic heterocycles. The van der Waals surface area contributed by atoms with Crippen molar-refractivity contribution < 1.29 is 14.6 Å². The fraction of sp³-hybridized carbons (Fsp3) is 0.0714. The fourth-order valence-corrected chi connectivity index (χ4v) is 2.01. The van der Waals surface area contributed by atoms with E-state index in [1.807, 2.05) is 12.1 Å². The Kier molecular flexibility index (Phi) is 3.53. The van der Waals surface area contributed by atoms with Crippen LogP contribution in [0.4, 0.5) is 0 Å². The first kappa shape index (κ1) is 12.5. The largest absolute Gasteiger partial charge is 0.497 e. The Hall–Kier alpha value is -2.00. The summed E-state index contributed by atoms with van der Waals surface area (Å²) in [4.78, 5) is 11.0. The molecule has 0 saturated carbocycles. The number of ether oxygens (including phenoxy) is 1. The van der Waals surface area contributed by atoms with Crippen LogP contribution in [0.3, 0.4) is 0 Å². The molecule has 0 aromatic heterocycles. The van der Waals surface area contributed by atoms with E-state index < -0.39 is 5.97 Å². The minimum atomic E-state index is -1.03. The molecule has 0 saturated heterocycles. The van der Waals surface area contributed by atoms with Gasteiger partial charge in [-0.1, -0.05) is 35.9 Å². The van der Waals surface area contributed by atoms with Gasteiger partial charge in [0.1, 0.15) is 5.75 Å². The molecule has 0 aliphatic rings. The molecule has 1 N–H and O–H groups in total. The third-order valence-electron chi connectivity index (χ3n) is 2.63. The molecule has 0 unspecified atom stereocenters. The van der Waals surface area contributed by atoms with Crippen molar-refractivity contribution >= 4 is 17.6 Å². The van der Waals surface area contributed by atoms with E-state index >= 15 is 0 Å². The maximum absolute atomic E-state index is 11.0. The number of carboxylic acid groups (broad SMARTS) is 1. The minimum Gasteiger partial charge on any atom is -0.497 e. The maximum Gasteiger partial charge on any atom is 0.337 e. The minimum absolute atomic E-state index is 0.102. The highest BCUT2D eigenvalue weighted by molar-refractivity contribution is 6.36. The molecule has 92 valence electrons. The van der Waals surface area contributed by atoms with Gasteiger partial charge in [-0.05, 0) is 23.8 Å². The highest BCUT2D eigenvalue weighted by atomic mass is 35.5. The van der Waals surface area contributed by atoms with E-state index in [-0.39, 0.29) is 10.6 Å². The first-order chi connectivity index (χ1) is 8.63. The van der Waals surface area contributed by atoms with Crippen molar-refractivity contribution in [2.45, 2.75) is 0 Å². The summed E-state index contributed by atoms with van der Waals surface area (Å²) < 4.78 is 5.07. The summed E-state index contributed by atoms with van der Waals surface area (Å²) in [5.74, 6) is -0.292. The van der Waals surface area contributed by atoms with Gasteiger partial charge in [-0.15, -0.1) is 0 Å². The van der Waals surface area contributed by atoms with Gasteiger partial charge < -0.3 is 9.84 Å². The van der Waals surface area contributed by atoms with Gasteiger partial charge in [0, 0.05) is 5.56 Å². The summed E-state index contributed by atoms with van der Waals surface area (Å²) in [5, 5.41) is 9.26. The number of halogens is 1. The van der Waals surface area contributed by atoms with Gasteiger partial charge in [-0.2, -0.15) is 0 Å². The van der Waals surface area contributed by atoms with E-state index in [1.54, 1.807) is 31.4 Å². The Morgan fingerprint density at radius 3 is 2.39 bits per heavy atom. The van der Waals surface area contributed by atoms with E-state index in [0.717, 1.165) is 11.3 Å². The Morgan fingerprint density at radius 2 is 1.83 bits per heavy atom. The topological polar surface area (TPSA) is 46.5 Å². The lowest BCUT2D eigenvalue weighted by Gasteiger charge is -2.08. The van der Waals surface area contributed by atoms with Crippen molar-refractivity contribution in [1.29, 1.82) is 0 Å². The molecule has 2 aromatic rings. The quantitative estimate of drug-likeness (QED) is 0.917. The van der Waals surface area contributed by atoms with Crippen LogP contribution in [0.25, 0.3) is 11.1 Å². The summed E-state index contributed by atoms with van der Waals surface area (Å²) in [5.41, 5.74) is 1.65. The predicted octanol–water partition coefficient (Wildman–Crippen LogP) is 3.71. The molecule has 0 bridgehead atoms. The van der Waals surface area contributed by atoms with Crippen LogP contribution in [0.5, 0.6) is 5.75 Å². The van der Waals surface area contributed by atoms with Gasteiger partial charge in [-0.25, -0.2) is 4.79 Å². The summed E-state index contributed by atoms with van der Waals surface area (Å²) in [6.07, 6.45) is 0. The summed E-state index contributed by atoms with van der Waals surface area (Å²) >= 11 is 6.10. The highest BCUT2D eigenvalue weighted by Gasteiger charge is 2.12. The number of carboxylic acids is 1. The summed E-state index contributed by atoms with van der Waals surface area (Å²) in [6.45, 7) is 0. The molecule has 0 fully saturated rings. The second-order valence-electron chi connectivity index (χ2n) is 3.70. The molecular weight excluding hydrogens is 252 g/mol. The molecule has 0 radical (unpaired) electrons. The van der Waals surface area contributed by atoms with Gasteiger partial charge in [0.15, 0.2) is 0 Å². The smallest absolute Gasteiger partial charge is 0.337 e. The van der Waals surface area contributed by atoms with Crippen LogP contribution in [0.1, 0.15) is 10.4 Å². The summed E-state index contributed by atoms with van der Waals surface area (Å²) in [6, 6.07) is 12.2. The molecule has 0 aliphatic carbocycles. The average Bonchev–Trinajstić information content (AvgIpc) is 2.39. The maximum atomic E-state index is 11.0. The van der Waals surface area contributed by atoms with Gasteiger partial charge in [-0.3, -0.25) is 0 Å². The number of methoxy groups -OCH3 is 1. The van der Waals surface area contributed by atoms with Crippen molar-refractivity contribution in [2.75, 3.05) is 7.11 Å². The van der Waals surface area contributed by atoms with Gasteiger partial charge in [0.2, 0.25) is 0 Å². The van der Waals surface area contributed by atoms with Crippen molar-refractivity contribution in [3.8, 4) is 16.9 Å². The van der Waals surface area contributed by atoms with Crippen LogP contribution in [-0.2, 0) is 0 Å². The number of benzene rings is 2. The first-order valence-electron chi connectivity index (χ1n) is 5.29. The molecule has 2 aromatic carbocycles. The molecule has 2 rings (SSSR count). The second-order valence-corrected chi connectivity index (χ2v) is 4.08. The molecule has 0 spiro atoms. The SMILES string of the molecule is COc1ccc(-c2cccc(C(=O)O)c2Cl)cc1. The molecule has 3 nitrogen and oxygen atoms in total. The number of aromatic carboxylic acids is 1. The van der Waals surface area contributed by atoms with Crippen LogP contribution in [0.15, 0.2) is 42.5 Å². The number of carbonyl (C=O) groups is 1. The van der Waals surface area contributed by atoms with Gasteiger partial charge >= 0.3 is 5.97 Å². The monoisotopic (exact) mass is 262 g/mol. The molecule has 0 heterocycles. The molecule has 0 amide bonds. The molecule has 0 atom stereocenters. The van der Waals surface area contributed by atoms with Crippen molar-refractivity contribution in [2.24, 2.45) is 0 Å². The average molecular weight is 263 g/mol. The van der Waals surface area contributed by atoms with E-state index in [1.165, 1.54) is 6.07 Å². The standard InChI is InChI=1S/C14H11ClO3/c1-18-10-7-5-9(6-8-10)11-3-2-4-12(13(11)15)14(16)17/h2-8H,1H3,(H,16,17). The van der Waals surface area contributed by atoms with E-state index in [4.69, 9.17) is 21.4 Å². The van der Waals surface area contributed by atoms with Crippen LogP contribution < -0.4 is 4.74 Å². The zero-order valence-electron chi connectivity index (χ0n) is 9.68. The number of hydrogen-bond donors (Lipinski definition) is 1. The zero-order valence-corrected chi connectivity index (χ0v) is 10.4. The second kappa shape index (κ2) is 5.10. The van der Waals surface area contributed by atoms with Crippen LogP contribution in [0.2, 0.25) is 5.02 Å². The normalized spacial score (nSPS) is 10.1. The van der Waals surface area contributed by atoms with Crippen LogP contribution in [0, 0.1) is 0 Å². The van der Waals surface area contributed by atoms with Crippen molar-refractivity contribution in [1.82, 2.24) is 0 Å². The van der Waals surface area contributed by atoms with Gasteiger partial charge in [0.25, 0.3) is 0 Å². The third kappa shape index (κ3) is 2.31. The fourth-order valence-electron chi connectivity index (χ4n) is 1.69.